The van der Waals surface area contributed by atoms with Crippen LogP contribution in [0.5, 0.6) is 0 Å². The predicted octanol–water partition coefficient (Wildman–Crippen LogP) is 2.43. The molecule has 3 aromatic rings. The van der Waals surface area contributed by atoms with Crippen molar-refractivity contribution in [2.75, 3.05) is 7.11 Å². The Morgan fingerprint density at radius 3 is 2.85 bits per heavy atom. The van der Waals surface area contributed by atoms with Gasteiger partial charge in [0.15, 0.2) is 5.65 Å². The fourth-order valence-electron chi connectivity index (χ4n) is 3.68. The van der Waals surface area contributed by atoms with Crippen LogP contribution in [0.25, 0.3) is 5.65 Å². The highest BCUT2D eigenvalue weighted by Crippen LogP contribution is 2.50. The van der Waals surface area contributed by atoms with Crippen molar-refractivity contribution >= 4 is 11.6 Å². The molecule has 136 valence electrons. The van der Waals surface area contributed by atoms with Crippen molar-refractivity contribution in [1.29, 1.82) is 0 Å². The second kappa shape index (κ2) is 5.55. The molecule has 2 unspecified atom stereocenters. The standard InChI is InChI=1S/C16H14F3N5O2/c1-16(8-5-21-23(7-8)15(18)19)4-9(14(25)26-2)10-6-20-12-3-11(17)22-24(12)13(10)16/h3,5-7,9,15H,4H2,1-2H3. The summed E-state index contributed by atoms with van der Waals surface area (Å²) in [6.07, 6.45) is 4.27. The van der Waals surface area contributed by atoms with Crippen molar-refractivity contribution in [3.63, 3.8) is 0 Å². The van der Waals surface area contributed by atoms with E-state index in [0.717, 1.165) is 6.07 Å². The second-order valence-electron chi connectivity index (χ2n) is 6.40. The molecule has 4 rings (SSSR count). The fourth-order valence-corrected chi connectivity index (χ4v) is 3.68. The zero-order valence-corrected chi connectivity index (χ0v) is 13.9. The number of alkyl halides is 2. The highest BCUT2D eigenvalue weighted by molar-refractivity contribution is 5.80. The van der Waals surface area contributed by atoms with Gasteiger partial charge in [0.1, 0.15) is 0 Å². The van der Waals surface area contributed by atoms with Gasteiger partial charge in [0.25, 0.3) is 0 Å². The van der Waals surface area contributed by atoms with E-state index in [1.54, 1.807) is 6.92 Å². The van der Waals surface area contributed by atoms with Crippen molar-refractivity contribution < 1.29 is 22.7 Å². The molecule has 0 saturated carbocycles. The molecule has 3 heterocycles. The summed E-state index contributed by atoms with van der Waals surface area (Å²) in [4.78, 5) is 16.4. The molecule has 1 aliphatic rings. The van der Waals surface area contributed by atoms with E-state index in [9.17, 15) is 18.0 Å². The highest BCUT2D eigenvalue weighted by atomic mass is 19.3. The molecule has 0 aromatic carbocycles. The highest BCUT2D eigenvalue weighted by Gasteiger charge is 2.48. The molecule has 26 heavy (non-hydrogen) atoms. The van der Waals surface area contributed by atoms with Crippen LogP contribution in [0.3, 0.4) is 0 Å². The molecule has 0 fully saturated rings. The Hall–Kier alpha value is -2.91. The third kappa shape index (κ3) is 2.21. The lowest BCUT2D eigenvalue weighted by Gasteiger charge is -2.24. The maximum Gasteiger partial charge on any atom is 0.333 e. The minimum absolute atomic E-state index is 0.242. The normalized spacial score (nSPS) is 22.2. The third-order valence-electron chi connectivity index (χ3n) is 4.92. The molecular weight excluding hydrogens is 351 g/mol. The van der Waals surface area contributed by atoms with Gasteiger partial charge >= 0.3 is 12.5 Å². The Labute approximate surface area is 145 Å². The molecular formula is C16H14F3N5O2. The summed E-state index contributed by atoms with van der Waals surface area (Å²) < 4.78 is 46.3. The Kier molecular flexibility index (Phi) is 3.53. The van der Waals surface area contributed by atoms with Gasteiger partial charge in [-0.25, -0.2) is 14.2 Å². The van der Waals surface area contributed by atoms with Gasteiger partial charge in [0, 0.05) is 35.0 Å². The molecule has 0 bridgehead atoms. The summed E-state index contributed by atoms with van der Waals surface area (Å²) in [6, 6.07) is 1.16. The third-order valence-corrected chi connectivity index (χ3v) is 4.92. The number of ether oxygens (including phenoxy) is 1. The lowest BCUT2D eigenvalue weighted by atomic mass is 9.80. The van der Waals surface area contributed by atoms with Gasteiger partial charge in [-0.15, -0.1) is 5.10 Å². The van der Waals surface area contributed by atoms with Crippen molar-refractivity contribution in [3.05, 3.63) is 47.4 Å². The van der Waals surface area contributed by atoms with Crippen molar-refractivity contribution in [1.82, 2.24) is 24.4 Å². The number of rotatable bonds is 3. The van der Waals surface area contributed by atoms with Gasteiger partial charge in [-0.1, -0.05) is 0 Å². The zero-order chi connectivity index (χ0) is 18.6. The molecule has 10 heteroatoms. The van der Waals surface area contributed by atoms with E-state index in [0.29, 0.717) is 21.5 Å². The van der Waals surface area contributed by atoms with Crippen LogP contribution in [0, 0.1) is 5.95 Å². The van der Waals surface area contributed by atoms with Gasteiger partial charge in [-0.05, 0) is 13.3 Å². The average Bonchev–Trinajstić information content (AvgIpc) is 3.29. The van der Waals surface area contributed by atoms with Crippen LogP contribution in [-0.2, 0) is 14.9 Å². The number of aromatic nitrogens is 5. The molecule has 0 spiro atoms. The number of fused-ring (bicyclic) bond motifs is 3. The molecule has 7 nitrogen and oxygen atoms in total. The number of methoxy groups -OCH3 is 1. The summed E-state index contributed by atoms with van der Waals surface area (Å²) in [7, 11) is 1.27. The van der Waals surface area contributed by atoms with E-state index in [2.05, 4.69) is 15.2 Å². The van der Waals surface area contributed by atoms with Gasteiger partial charge in [0.2, 0.25) is 5.95 Å². The van der Waals surface area contributed by atoms with E-state index in [4.69, 9.17) is 4.74 Å². The van der Waals surface area contributed by atoms with E-state index >= 15 is 0 Å². The molecule has 0 saturated heterocycles. The first-order chi connectivity index (χ1) is 12.3. The number of hydrogen-bond acceptors (Lipinski definition) is 5. The minimum atomic E-state index is -2.79. The van der Waals surface area contributed by atoms with Gasteiger partial charge in [-0.3, -0.25) is 4.79 Å². The van der Waals surface area contributed by atoms with Gasteiger partial charge in [-0.2, -0.15) is 18.3 Å². The van der Waals surface area contributed by atoms with E-state index in [1.165, 1.54) is 30.2 Å². The SMILES string of the molecule is COC(=O)C1CC(C)(c2cnn(C(F)F)c2)c2c1cnc1cc(F)nn21. The first-order valence-corrected chi connectivity index (χ1v) is 7.80. The van der Waals surface area contributed by atoms with Crippen molar-refractivity contribution in [2.24, 2.45) is 0 Å². The zero-order valence-electron chi connectivity index (χ0n) is 13.9. The van der Waals surface area contributed by atoms with E-state index in [-0.39, 0.29) is 12.1 Å². The lowest BCUT2D eigenvalue weighted by molar-refractivity contribution is -0.142. The molecule has 3 aromatic heterocycles. The molecule has 0 aliphatic heterocycles. The largest absolute Gasteiger partial charge is 0.469 e. The molecule has 0 N–H and O–H groups in total. The summed E-state index contributed by atoms with van der Waals surface area (Å²) in [5, 5.41) is 7.51. The quantitative estimate of drug-likeness (QED) is 0.667. The fraction of sp³-hybridized carbons (Fsp3) is 0.375. The van der Waals surface area contributed by atoms with Crippen LogP contribution in [0.15, 0.2) is 24.7 Å². The van der Waals surface area contributed by atoms with Crippen molar-refractivity contribution in [3.8, 4) is 0 Å². The monoisotopic (exact) mass is 365 g/mol. The van der Waals surface area contributed by atoms with E-state index < -0.39 is 29.8 Å². The first-order valence-electron chi connectivity index (χ1n) is 7.80. The maximum atomic E-state index is 13.7. The minimum Gasteiger partial charge on any atom is -0.469 e. The Balaban J connectivity index is 1.97. The van der Waals surface area contributed by atoms with Gasteiger partial charge < -0.3 is 4.74 Å². The summed E-state index contributed by atoms with van der Waals surface area (Å²) in [5.74, 6) is -1.87. The van der Waals surface area contributed by atoms with Crippen LogP contribution in [0.4, 0.5) is 13.2 Å². The molecule has 2 atom stereocenters. The van der Waals surface area contributed by atoms with E-state index in [1.807, 2.05) is 0 Å². The predicted molar refractivity (Wildman–Crippen MR) is 82.3 cm³/mol. The van der Waals surface area contributed by atoms with Gasteiger partial charge in [0.05, 0.1) is 24.9 Å². The molecule has 0 amide bonds. The van der Waals surface area contributed by atoms with Crippen LogP contribution in [-0.4, -0.2) is 37.5 Å². The smallest absolute Gasteiger partial charge is 0.333 e. The summed E-state index contributed by atoms with van der Waals surface area (Å²) in [5.41, 5.74) is 0.865. The lowest BCUT2D eigenvalue weighted by Crippen LogP contribution is -2.24. The Morgan fingerprint density at radius 1 is 1.42 bits per heavy atom. The maximum absolute atomic E-state index is 13.7. The molecule has 1 aliphatic carbocycles. The number of halogens is 3. The average molecular weight is 365 g/mol. The number of esters is 1. The first kappa shape index (κ1) is 16.6. The number of carbonyl (C=O) groups is 1. The second-order valence-corrected chi connectivity index (χ2v) is 6.40. The van der Waals surface area contributed by atoms with Crippen molar-refractivity contribution in [2.45, 2.75) is 31.2 Å². The summed E-state index contributed by atoms with van der Waals surface area (Å²) >= 11 is 0. The number of hydrogen-bond donors (Lipinski definition) is 0. The topological polar surface area (TPSA) is 74.3 Å². The molecule has 0 radical (unpaired) electrons. The van der Waals surface area contributed by atoms with Crippen LogP contribution in [0.1, 0.15) is 42.6 Å². The van der Waals surface area contributed by atoms with Crippen LogP contribution < -0.4 is 0 Å². The van der Waals surface area contributed by atoms with Crippen LogP contribution >= 0.6 is 0 Å². The number of nitrogens with zero attached hydrogens (tertiary/aromatic N) is 5. The Bertz CT molecular complexity index is 1010. The number of carbonyl (C=O) groups excluding carboxylic acids is 1. The van der Waals surface area contributed by atoms with Crippen LogP contribution in [0.2, 0.25) is 0 Å². The Morgan fingerprint density at radius 2 is 2.19 bits per heavy atom. The summed E-state index contributed by atoms with van der Waals surface area (Å²) in [6.45, 7) is -1.01.